The largest absolute Gasteiger partial charge is 0.488 e. The summed E-state index contributed by atoms with van der Waals surface area (Å²) in [5.74, 6) is 0.369. The van der Waals surface area contributed by atoms with Gasteiger partial charge in [-0.05, 0) is 43.7 Å². The van der Waals surface area contributed by atoms with Crippen LogP contribution in [-0.2, 0) is 6.61 Å². The predicted octanol–water partition coefficient (Wildman–Crippen LogP) is 3.92. The number of carbonyl (C=O) groups is 1. The molecule has 24 heavy (non-hydrogen) atoms. The highest BCUT2D eigenvalue weighted by Crippen LogP contribution is 2.20. The van der Waals surface area contributed by atoms with E-state index in [0.717, 1.165) is 10.0 Å². The second kappa shape index (κ2) is 9.06. The number of rotatable bonds is 6. The number of carbonyl (C=O) groups excluding carboxylic acids is 1. The molecule has 0 aliphatic carbocycles. The minimum atomic E-state index is -0.457. The fourth-order valence-corrected chi connectivity index (χ4v) is 2.42. The molecule has 2 rings (SSSR count). The quantitative estimate of drug-likeness (QED) is 0.754. The fourth-order valence-electron chi connectivity index (χ4n) is 1.97. The predicted molar refractivity (Wildman–Crippen MR) is 103 cm³/mol. The molecule has 0 aromatic heterocycles. The Balaban J connectivity index is 0.00000288. The van der Waals surface area contributed by atoms with Crippen LogP contribution in [0, 0.1) is 0 Å². The molecule has 0 aliphatic heterocycles. The molecule has 0 fully saturated rings. The smallest absolute Gasteiger partial charge is 0.255 e. The highest BCUT2D eigenvalue weighted by atomic mass is 79.9. The summed E-state index contributed by atoms with van der Waals surface area (Å²) in [6.07, 6.45) is 0. The summed E-state index contributed by atoms with van der Waals surface area (Å²) in [5, 5.41) is 2.84. The van der Waals surface area contributed by atoms with Crippen LogP contribution in [0.25, 0.3) is 0 Å². The molecule has 0 spiro atoms. The van der Waals surface area contributed by atoms with E-state index >= 15 is 0 Å². The molecular weight excluding hydrogens is 392 g/mol. The lowest BCUT2D eigenvalue weighted by Gasteiger charge is -2.19. The summed E-state index contributed by atoms with van der Waals surface area (Å²) in [6, 6.07) is 15.1. The van der Waals surface area contributed by atoms with E-state index in [4.69, 9.17) is 10.5 Å². The Morgan fingerprint density at radius 2 is 1.92 bits per heavy atom. The Morgan fingerprint density at radius 3 is 2.58 bits per heavy atom. The summed E-state index contributed by atoms with van der Waals surface area (Å²) >= 11 is 3.43. The first-order chi connectivity index (χ1) is 10.8. The molecule has 0 saturated carbocycles. The van der Waals surface area contributed by atoms with Gasteiger partial charge in [0.05, 0.1) is 5.56 Å². The molecule has 1 amide bonds. The van der Waals surface area contributed by atoms with Crippen LogP contribution in [0.4, 0.5) is 0 Å². The van der Waals surface area contributed by atoms with Crippen molar-refractivity contribution >= 4 is 34.2 Å². The van der Waals surface area contributed by atoms with Crippen LogP contribution in [0.2, 0.25) is 0 Å². The van der Waals surface area contributed by atoms with Crippen molar-refractivity contribution in [3.8, 4) is 5.75 Å². The first kappa shape index (κ1) is 20.5. The zero-order valence-electron chi connectivity index (χ0n) is 13.7. The third kappa shape index (κ3) is 6.51. The SMILES string of the molecule is CC(C)(N)CNC(=O)c1ccccc1OCc1cccc(Br)c1.Cl. The van der Waals surface area contributed by atoms with Gasteiger partial charge in [0.2, 0.25) is 0 Å². The lowest BCUT2D eigenvalue weighted by atomic mass is 10.1. The molecule has 130 valence electrons. The first-order valence-electron chi connectivity index (χ1n) is 7.38. The van der Waals surface area contributed by atoms with Crippen molar-refractivity contribution in [3.63, 3.8) is 0 Å². The molecule has 0 heterocycles. The molecule has 0 radical (unpaired) electrons. The normalized spacial score (nSPS) is 10.7. The average Bonchev–Trinajstić information content (AvgIpc) is 2.50. The van der Waals surface area contributed by atoms with E-state index in [2.05, 4.69) is 21.2 Å². The Morgan fingerprint density at radius 1 is 1.21 bits per heavy atom. The zero-order valence-corrected chi connectivity index (χ0v) is 16.1. The summed E-state index contributed by atoms with van der Waals surface area (Å²) in [7, 11) is 0. The Hall–Kier alpha value is -1.56. The van der Waals surface area contributed by atoms with Gasteiger partial charge in [0, 0.05) is 16.6 Å². The van der Waals surface area contributed by atoms with Crippen molar-refractivity contribution in [1.82, 2.24) is 5.32 Å². The summed E-state index contributed by atoms with van der Waals surface area (Å²) in [6.45, 7) is 4.52. The van der Waals surface area contributed by atoms with Crippen molar-refractivity contribution in [2.24, 2.45) is 5.73 Å². The second-order valence-corrected chi connectivity index (χ2v) is 7.00. The number of nitrogens with one attached hydrogen (secondary N) is 1. The number of para-hydroxylation sites is 1. The third-order valence-electron chi connectivity index (χ3n) is 3.12. The van der Waals surface area contributed by atoms with Crippen molar-refractivity contribution in [2.45, 2.75) is 26.0 Å². The minimum Gasteiger partial charge on any atom is -0.488 e. The van der Waals surface area contributed by atoms with Crippen molar-refractivity contribution in [2.75, 3.05) is 6.54 Å². The minimum absolute atomic E-state index is 0. The van der Waals surface area contributed by atoms with Gasteiger partial charge in [-0.25, -0.2) is 0 Å². The Kier molecular flexibility index (Phi) is 7.73. The van der Waals surface area contributed by atoms with Crippen LogP contribution < -0.4 is 15.8 Å². The van der Waals surface area contributed by atoms with Crippen molar-refractivity contribution in [1.29, 1.82) is 0 Å². The van der Waals surface area contributed by atoms with Crippen LogP contribution in [0.5, 0.6) is 5.75 Å². The highest BCUT2D eigenvalue weighted by molar-refractivity contribution is 9.10. The maximum Gasteiger partial charge on any atom is 0.255 e. The van der Waals surface area contributed by atoms with Gasteiger partial charge in [0.15, 0.2) is 0 Å². The van der Waals surface area contributed by atoms with Crippen LogP contribution in [0.15, 0.2) is 53.0 Å². The topological polar surface area (TPSA) is 64.3 Å². The number of hydrogen-bond donors (Lipinski definition) is 2. The summed E-state index contributed by atoms with van der Waals surface area (Å²) in [5.41, 5.74) is 6.97. The number of hydrogen-bond acceptors (Lipinski definition) is 3. The maximum absolute atomic E-state index is 12.3. The lowest BCUT2D eigenvalue weighted by molar-refractivity contribution is 0.0941. The van der Waals surface area contributed by atoms with Gasteiger partial charge in [-0.2, -0.15) is 0 Å². The molecule has 0 aliphatic rings. The van der Waals surface area contributed by atoms with E-state index in [0.29, 0.717) is 24.5 Å². The fraction of sp³-hybridized carbons (Fsp3) is 0.278. The standard InChI is InChI=1S/C18H21BrN2O2.ClH/c1-18(2,20)12-21-17(22)15-8-3-4-9-16(15)23-11-13-6-5-7-14(19)10-13;/h3-10H,11-12,20H2,1-2H3,(H,21,22);1H. The van der Waals surface area contributed by atoms with Crippen molar-refractivity contribution in [3.05, 3.63) is 64.1 Å². The van der Waals surface area contributed by atoms with E-state index in [1.165, 1.54) is 0 Å². The third-order valence-corrected chi connectivity index (χ3v) is 3.61. The molecule has 4 nitrogen and oxygen atoms in total. The van der Waals surface area contributed by atoms with Crippen LogP contribution >= 0.6 is 28.3 Å². The summed E-state index contributed by atoms with van der Waals surface area (Å²) < 4.78 is 6.81. The molecule has 0 atom stereocenters. The van der Waals surface area contributed by atoms with Gasteiger partial charge in [-0.1, -0.05) is 40.2 Å². The molecule has 0 bridgehead atoms. The van der Waals surface area contributed by atoms with Gasteiger partial charge in [0.25, 0.3) is 5.91 Å². The van der Waals surface area contributed by atoms with E-state index in [9.17, 15) is 4.79 Å². The van der Waals surface area contributed by atoms with E-state index < -0.39 is 5.54 Å². The van der Waals surface area contributed by atoms with E-state index in [1.807, 2.05) is 50.2 Å². The monoisotopic (exact) mass is 412 g/mol. The molecule has 0 unspecified atom stereocenters. The summed E-state index contributed by atoms with van der Waals surface area (Å²) in [4.78, 5) is 12.3. The van der Waals surface area contributed by atoms with Gasteiger partial charge in [-0.15, -0.1) is 12.4 Å². The maximum atomic E-state index is 12.3. The Labute approximate surface area is 157 Å². The molecule has 6 heteroatoms. The number of halogens is 2. The average molecular weight is 414 g/mol. The van der Waals surface area contributed by atoms with Gasteiger partial charge in [0.1, 0.15) is 12.4 Å². The van der Waals surface area contributed by atoms with Crippen LogP contribution in [0.3, 0.4) is 0 Å². The van der Waals surface area contributed by atoms with E-state index in [1.54, 1.807) is 12.1 Å². The molecule has 0 saturated heterocycles. The van der Waals surface area contributed by atoms with Gasteiger partial charge < -0.3 is 15.8 Å². The number of nitrogens with two attached hydrogens (primary N) is 1. The van der Waals surface area contributed by atoms with Crippen LogP contribution in [-0.4, -0.2) is 18.0 Å². The number of ether oxygens (including phenoxy) is 1. The highest BCUT2D eigenvalue weighted by Gasteiger charge is 2.16. The molecule has 2 aromatic rings. The molecule has 3 N–H and O–H groups in total. The lowest BCUT2D eigenvalue weighted by Crippen LogP contribution is -2.45. The first-order valence-corrected chi connectivity index (χ1v) is 8.18. The molecular formula is C18H22BrClN2O2. The van der Waals surface area contributed by atoms with Gasteiger partial charge in [-0.3, -0.25) is 4.79 Å². The number of amides is 1. The van der Waals surface area contributed by atoms with Crippen LogP contribution in [0.1, 0.15) is 29.8 Å². The Bertz CT molecular complexity index is 687. The van der Waals surface area contributed by atoms with Gasteiger partial charge >= 0.3 is 0 Å². The molecule has 2 aromatic carbocycles. The zero-order chi connectivity index (χ0) is 16.9. The van der Waals surface area contributed by atoms with E-state index in [-0.39, 0.29) is 18.3 Å². The second-order valence-electron chi connectivity index (χ2n) is 6.09. The number of benzene rings is 2. The van der Waals surface area contributed by atoms with Crippen molar-refractivity contribution < 1.29 is 9.53 Å².